The van der Waals surface area contributed by atoms with Crippen molar-refractivity contribution in [1.29, 1.82) is 0 Å². The minimum absolute atomic E-state index is 0.260. The molecule has 5 nitrogen and oxygen atoms in total. The Morgan fingerprint density at radius 1 is 1.19 bits per heavy atom. The second-order valence-corrected chi connectivity index (χ2v) is 8.39. The van der Waals surface area contributed by atoms with E-state index in [0.29, 0.717) is 5.75 Å². The zero-order valence-electron chi connectivity index (χ0n) is 16.1. The summed E-state index contributed by atoms with van der Waals surface area (Å²) in [6.45, 7) is 9.27. The van der Waals surface area contributed by atoms with Crippen LogP contribution < -0.4 is 4.74 Å². The second-order valence-electron chi connectivity index (χ2n) is 6.46. The molecule has 0 bridgehead atoms. The third-order valence-corrected chi connectivity index (χ3v) is 6.45. The summed E-state index contributed by atoms with van der Waals surface area (Å²) in [5, 5.41) is 21.9. The molecule has 0 spiro atoms. The zero-order valence-corrected chi connectivity index (χ0v) is 17.7. The highest BCUT2D eigenvalue weighted by atomic mass is 32.2. The molecule has 144 valence electrons. The number of thioether (sulfide) groups is 1. The van der Waals surface area contributed by atoms with E-state index >= 15 is 0 Å². The Hall–Kier alpha value is -1.83. The Balaban J connectivity index is 1.60. The number of hydrogen-bond donors (Lipinski definition) is 1. The largest absolute Gasteiger partial charge is 0.490 e. The summed E-state index contributed by atoms with van der Waals surface area (Å²) in [6.07, 6.45) is -0.582. The van der Waals surface area contributed by atoms with Gasteiger partial charge in [-0.15, -0.1) is 21.5 Å². The van der Waals surface area contributed by atoms with Crippen LogP contribution in [-0.2, 0) is 6.54 Å². The van der Waals surface area contributed by atoms with Gasteiger partial charge in [0.2, 0.25) is 0 Å². The minimum Gasteiger partial charge on any atom is -0.490 e. The summed E-state index contributed by atoms with van der Waals surface area (Å²) >= 11 is 3.16. The maximum absolute atomic E-state index is 10.4. The van der Waals surface area contributed by atoms with E-state index in [1.54, 1.807) is 11.3 Å². The van der Waals surface area contributed by atoms with Crippen molar-refractivity contribution < 1.29 is 9.84 Å². The highest BCUT2D eigenvalue weighted by molar-refractivity contribution is 7.99. The van der Waals surface area contributed by atoms with E-state index in [1.807, 2.05) is 24.4 Å². The normalized spacial score (nSPS) is 12.3. The van der Waals surface area contributed by atoms with E-state index in [1.165, 1.54) is 17.3 Å². The lowest BCUT2D eigenvalue weighted by Gasteiger charge is -2.16. The molecule has 0 aliphatic carbocycles. The zero-order chi connectivity index (χ0) is 19.4. The van der Waals surface area contributed by atoms with Gasteiger partial charge in [-0.1, -0.05) is 30.0 Å². The molecule has 0 fully saturated rings. The number of aliphatic hydroxyl groups is 1. The van der Waals surface area contributed by atoms with Crippen molar-refractivity contribution in [3.63, 3.8) is 0 Å². The summed E-state index contributed by atoms with van der Waals surface area (Å²) in [5.74, 6) is 2.26. The van der Waals surface area contributed by atoms with Crippen LogP contribution in [0.3, 0.4) is 0 Å². The SMILES string of the molecule is CCn1c(SC[C@@H](O)COc2c(C)ccc(C)c2C)nnc1-c1cccs1. The Bertz CT molecular complexity index is 891. The highest BCUT2D eigenvalue weighted by Gasteiger charge is 2.16. The third-order valence-electron chi connectivity index (χ3n) is 4.47. The van der Waals surface area contributed by atoms with Crippen molar-refractivity contribution in [3.05, 3.63) is 46.3 Å². The number of rotatable bonds is 8. The number of aliphatic hydroxyl groups excluding tert-OH is 1. The Labute approximate surface area is 168 Å². The first-order chi connectivity index (χ1) is 13.0. The predicted octanol–water partition coefficient (Wildman–Crippen LogP) is 4.48. The summed E-state index contributed by atoms with van der Waals surface area (Å²) in [4.78, 5) is 1.10. The number of thiophene rings is 1. The molecule has 0 saturated carbocycles. The average molecular weight is 404 g/mol. The molecule has 2 aromatic heterocycles. The van der Waals surface area contributed by atoms with Crippen molar-refractivity contribution in [2.24, 2.45) is 0 Å². The first-order valence-corrected chi connectivity index (χ1v) is 10.8. The molecule has 0 aliphatic rings. The fraction of sp³-hybridized carbons (Fsp3) is 0.400. The van der Waals surface area contributed by atoms with Crippen LogP contribution in [0, 0.1) is 20.8 Å². The Morgan fingerprint density at radius 2 is 1.96 bits per heavy atom. The van der Waals surface area contributed by atoms with Gasteiger partial charge in [-0.05, 0) is 55.8 Å². The molecule has 3 aromatic rings. The summed E-state index contributed by atoms with van der Waals surface area (Å²) in [5.41, 5.74) is 3.40. The molecule has 7 heteroatoms. The molecule has 0 unspecified atom stereocenters. The van der Waals surface area contributed by atoms with E-state index in [2.05, 4.69) is 47.7 Å². The lowest BCUT2D eigenvalue weighted by atomic mass is 10.1. The van der Waals surface area contributed by atoms with Crippen LogP contribution in [0.5, 0.6) is 5.75 Å². The molecular weight excluding hydrogens is 378 g/mol. The number of benzene rings is 1. The van der Waals surface area contributed by atoms with Gasteiger partial charge in [0, 0.05) is 12.3 Å². The molecule has 0 saturated heterocycles. The molecule has 27 heavy (non-hydrogen) atoms. The molecule has 1 N–H and O–H groups in total. The first-order valence-electron chi connectivity index (χ1n) is 8.98. The van der Waals surface area contributed by atoms with Crippen LogP contribution in [0.2, 0.25) is 0 Å². The molecule has 0 amide bonds. The molecular formula is C20H25N3O2S2. The van der Waals surface area contributed by atoms with Gasteiger partial charge in [-0.2, -0.15) is 0 Å². The quantitative estimate of drug-likeness (QED) is 0.562. The van der Waals surface area contributed by atoms with E-state index in [4.69, 9.17) is 4.74 Å². The van der Waals surface area contributed by atoms with Gasteiger partial charge in [0.05, 0.1) is 11.0 Å². The fourth-order valence-electron chi connectivity index (χ4n) is 2.81. The predicted molar refractivity (Wildman–Crippen MR) is 112 cm³/mol. The summed E-state index contributed by atoms with van der Waals surface area (Å²) in [6, 6.07) is 8.20. The Kier molecular flexibility index (Phi) is 6.57. The van der Waals surface area contributed by atoms with Gasteiger partial charge >= 0.3 is 0 Å². The van der Waals surface area contributed by atoms with Gasteiger partial charge in [-0.3, -0.25) is 0 Å². The van der Waals surface area contributed by atoms with Crippen LogP contribution in [0.1, 0.15) is 23.6 Å². The minimum atomic E-state index is -0.582. The van der Waals surface area contributed by atoms with Gasteiger partial charge in [0.25, 0.3) is 0 Å². The molecule has 0 radical (unpaired) electrons. The second kappa shape index (κ2) is 8.91. The maximum atomic E-state index is 10.4. The van der Waals surface area contributed by atoms with E-state index < -0.39 is 6.10 Å². The molecule has 1 atom stereocenters. The molecule has 2 heterocycles. The first kappa shape index (κ1) is 19.9. The van der Waals surface area contributed by atoms with Gasteiger partial charge in [-0.25, -0.2) is 0 Å². The third kappa shape index (κ3) is 4.54. The van der Waals surface area contributed by atoms with Crippen LogP contribution in [-0.4, -0.2) is 38.3 Å². The molecule has 3 rings (SSSR count). The van der Waals surface area contributed by atoms with E-state index in [0.717, 1.165) is 39.3 Å². The van der Waals surface area contributed by atoms with Crippen LogP contribution in [0.4, 0.5) is 0 Å². The summed E-state index contributed by atoms with van der Waals surface area (Å²) < 4.78 is 8.00. The van der Waals surface area contributed by atoms with Gasteiger partial charge in [0.1, 0.15) is 12.4 Å². The standard InChI is InChI=1S/C20H25N3O2S2/c1-5-23-19(17-7-6-10-26-17)21-22-20(23)27-12-16(24)11-25-18-14(3)9-8-13(2)15(18)4/h6-10,16,24H,5,11-12H2,1-4H3/t16-/m0/s1. The maximum Gasteiger partial charge on any atom is 0.191 e. The summed E-state index contributed by atoms with van der Waals surface area (Å²) in [7, 11) is 0. The number of aromatic nitrogens is 3. The van der Waals surface area contributed by atoms with Gasteiger partial charge < -0.3 is 14.4 Å². The van der Waals surface area contributed by atoms with Crippen molar-refractivity contribution in [2.45, 2.75) is 45.5 Å². The van der Waals surface area contributed by atoms with Crippen LogP contribution in [0.25, 0.3) is 10.7 Å². The fourth-order valence-corrected chi connectivity index (χ4v) is 4.44. The lowest BCUT2D eigenvalue weighted by molar-refractivity contribution is 0.125. The van der Waals surface area contributed by atoms with Crippen molar-refractivity contribution in [1.82, 2.24) is 14.8 Å². The van der Waals surface area contributed by atoms with Crippen LogP contribution in [0.15, 0.2) is 34.8 Å². The smallest absolute Gasteiger partial charge is 0.191 e. The highest BCUT2D eigenvalue weighted by Crippen LogP contribution is 2.28. The number of nitrogens with zero attached hydrogens (tertiary/aromatic N) is 3. The van der Waals surface area contributed by atoms with Crippen molar-refractivity contribution in [3.8, 4) is 16.5 Å². The number of aryl methyl sites for hydroxylation is 2. The molecule has 1 aromatic carbocycles. The lowest BCUT2D eigenvalue weighted by Crippen LogP contribution is -2.21. The average Bonchev–Trinajstić information content (AvgIpc) is 3.32. The van der Waals surface area contributed by atoms with Crippen LogP contribution >= 0.6 is 23.1 Å². The van der Waals surface area contributed by atoms with E-state index in [-0.39, 0.29) is 6.61 Å². The topological polar surface area (TPSA) is 60.2 Å². The monoisotopic (exact) mass is 403 g/mol. The van der Waals surface area contributed by atoms with Crippen molar-refractivity contribution >= 4 is 23.1 Å². The van der Waals surface area contributed by atoms with Gasteiger partial charge in [0.15, 0.2) is 11.0 Å². The molecule has 0 aliphatic heterocycles. The van der Waals surface area contributed by atoms with E-state index in [9.17, 15) is 5.11 Å². The Morgan fingerprint density at radius 3 is 2.67 bits per heavy atom. The number of ether oxygens (including phenoxy) is 1. The number of hydrogen-bond acceptors (Lipinski definition) is 6. The van der Waals surface area contributed by atoms with Crippen molar-refractivity contribution in [2.75, 3.05) is 12.4 Å².